The molecule has 0 aromatic heterocycles. The van der Waals surface area contributed by atoms with Crippen LogP contribution in [0.25, 0.3) is 0 Å². The van der Waals surface area contributed by atoms with E-state index in [4.69, 9.17) is 4.74 Å². The smallest absolute Gasteiger partial charge is 0.412 e. The van der Waals surface area contributed by atoms with Crippen molar-refractivity contribution in [3.63, 3.8) is 0 Å². The molecule has 0 aromatic rings. The van der Waals surface area contributed by atoms with Crippen LogP contribution in [0.3, 0.4) is 0 Å². The summed E-state index contributed by atoms with van der Waals surface area (Å²) < 4.78 is 4.85. The molecule has 0 spiro atoms. The zero-order chi connectivity index (χ0) is 14.0. The predicted molar refractivity (Wildman–Crippen MR) is 69.5 cm³/mol. The Morgan fingerprint density at radius 2 is 2.05 bits per heavy atom. The van der Waals surface area contributed by atoms with Crippen LogP contribution in [0.1, 0.15) is 45.4 Å². The first-order chi connectivity index (χ1) is 8.94. The van der Waals surface area contributed by atoms with Gasteiger partial charge in [0.1, 0.15) is 0 Å². The van der Waals surface area contributed by atoms with E-state index in [1.807, 2.05) is 0 Å². The van der Waals surface area contributed by atoms with E-state index in [9.17, 15) is 14.7 Å². The quantitative estimate of drug-likeness (QED) is 0.768. The number of hydrogen-bond donors (Lipinski definition) is 2. The number of amides is 1. The number of carboxylic acid groups (broad SMARTS) is 1. The van der Waals surface area contributed by atoms with Gasteiger partial charge in [0.2, 0.25) is 0 Å². The summed E-state index contributed by atoms with van der Waals surface area (Å²) >= 11 is 0. The maximum Gasteiger partial charge on any atom is 0.412 e. The van der Waals surface area contributed by atoms with E-state index in [2.05, 4.69) is 11.9 Å². The first kappa shape index (κ1) is 13.9. The van der Waals surface area contributed by atoms with Gasteiger partial charge in [0, 0.05) is 6.04 Å². The van der Waals surface area contributed by atoms with Gasteiger partial charge in [-0.15, -0.1) is 0 Å². The van der Waals surface area contributed by atoms with Crippen molar-refractivity contribution < 1.29 is 19.4 Å². The van der Waals surface area contributed by atoms with Crippen LogP contribution in [0, 0.1) is 11.3 Å². The van der Waals surface area contributed by atoms with Crippen molar-refractivity contribution in [3.05, 3.63) is 12.3 Å². The minimum absolute atomic E-state index is 0.108. The van der Waals surface area contributed by atoms with E-state index < -0.39 is 17.5 Å². The van der Waals surface area contributed by atoms with Crippen LogP contribution < -0.4 is 5.32 Å². The van der Waals surface area contributed by atoms with Crippen molar-refractivity contribution in [2.75, 3.05) is 0 Å². The molecule has 0 bridgehead atoms. The van der Waals surface area contributed by atoms with Gasteiger partial charge in [0.05, 0.1) is 11.2 Å². The van der Waals surface area contributed by atoms with Crippen molar-refractivity contribution >= 4 is 12.1 Å². The van der Waals surface area contributed by atoms with Crippen LogP contribution in [-0.2, 0) is 9.53 Å². The highest BCUT2D eigenvalue weighted by Crippen LogP contribution is 2.52. The lowest BCUT2D eigenvalue weighted by molar-refractivity contribution is -0.154. The predicted octanol–water partition coefficient (Wildman–Crippen LogP) is 2.67. The number of nitrogens with one attached hydrogen (secondary N) is 1. The lowest BCUT2D eigenvalue weighted by Gasteiger charge is -2.39. The van der Waals surface area contributed by atoms with Crippen LogP contribution in [0.4, 0.5) is 4.79 Å². The highest BCUT2D eigenvalue weighted by Gasteiger charge is 2.52. The number of carbonyl (C=O) groups excluding carboxylic acids is 1. The zero-order valence-corrected chi connectivity index (χ0v) is 11.3. The third-order valence-corrected chi connectivity index (χ3v) is 4.45. The highest BCUT2D eigenvalue weighted by atomic mass is 16.6. The number of hydrogen-bond acceptors (Lipinski definition) is 3. The van der Waals surface area contributed by atoms with Crippen molar-refractivity contribution in [3.8, 4) is 0 Å². The van der Waals surface area contributed by atoms with E-state index in [-0.39, 0.29) is 12.0 Å². The molecule has 2 atom stereocenters. The Kier molecular flexibility index (Phi) is 3.83. The Bertz CT molecular complexity index is 402. The summed E-state index contributed by atoms with van der Waals surface area (Å²) in [6.45, 7) is 5.10. The van der Waals surface area contributed by atoms with E-state index in [0.29, 0.717) is 25.0 Å². The van der Waals surface area contributed by atoms with E-state index >= 15 is 0 Å². The van der Waals surface area contributed by atoms with E-state index in [0.717, 1.165) is 19.3 Å². The van der Waals surface area contributed by atoms with Crippen molar-refractivity contribution in [2.45, 2.75) is 51.5 Å². The second kappa shape index (κ2) is 5.23. The fourth-order valence-corrected chi connectivity index (χ4v) is 3.25. The Hall–Kier alpha value is -1.52. The van der Waals surface area contributed by atoms with Gasteiger partial charge < -0.3 is 15.2 Å². The van der Waals surface area contributed by atoms with Crippen LogP contribution in [-0.4, -0.2) is 23.2 Å². The third-order valence-electron chi connectivity index (χ3n) is 4.45. The molecule has 5 nitrogen and oxygen atoms in total. The van der Waals surface area contributed by atoms with Gasteiger partial charge >= 0.3 is 12.1 Å². The zero-order valence-electron chi connectivity index (χ0n) is 11.3. The number of aliphatic carboxylic acids is 1. The minimum atomic E-state index is -0.713. The van der Waals surface area contributed by atoms with Crippen LogP contribution in [0.2, 0.25) is 0 Å². The van der Waals surface area contributed by atoms with Crippen LogP contribution in [0.5, 0.6) is 0 Å². The molecule has 19 heavy (non-hydrogen) atoms. The Balaban J connectivity index is 1.95. The molecule has 0 saturated heterocycles. The van der Waals surface area contributed by atoms with E-state index in [1.165, 1.54) is 0 Å². The summed E-state index contributed by atoms with van der Waals surface area (Å²) in [6, 6.07) is -0.108. The largest absolute Gasteiger partial charge is 0.481 e. The van der Waals surface area contributed by atoms with Gasteiger partial charge in [0.25, 0.3) is 0 Å². The molecule has 0 unspecified atom stereocenters. The molecule has 0 radical (unpaired) electrons. The average molecular weight is 267 g/mol. The Morgan fingerprint density at radius 1 is 1.37 bits per heavy atom. The summed E-state index contributed by atoms with van der Waals surface area (Å²) in [5.41, 5.74) is -0.639. The molecular formula is C14H21NO4. The third kappa shape index (κ3) is 2.74. The lowest BCUT2D eigenvalue weighted by Crippen LogP contribution is -2.42. The standard InChI is InChI=1S/C14H21NO4/c1-9(2)19-13(18)15-11-6-7-14(8-11,12(16)17)10-4-3-5-10/h10-11H,1,3-8H2,2H3,(H,15,18)(H,16,17)/t11-,14+/m1/s1. The second-order valence-corrected chi connectivity index (χ2v) is 5.76. The summed E-state index contributed by atoms with van der Waals surface area (Å²) in [7, 11) is 0. The van der Waals surface area contributed by atoms with Crippen LogP contribution in [0.15, 0.2) is 12.3 Å². The van der Waals surface area contributed by atoms with E-state index in [1.54, 1.807) is 6.92 Å². The monoisotopic (exact) mass is 267 g/mol. The average Bonchev–Trinajstić information content (AvgIpc) is 2.58. The minimum Gasteiger partial charge on any atom is -0.481 e. The van der Waals surface area contributed by atoms with Gasteiger partial charge in [-0.3, -0.25) is 4.79 Å². The van der Waals surface area contributed by atoms with Gasteiger partial charge in [-0.1, -0.05) is 13.0 Å². The molecule has 5 heteroatoms. The number of ether oxygens (including phenoxy) is 1. The summed E-state index contributed by atoms with van der Waals surface area (Å²) in [5, 5.41) is 12.3. The van der Waals surface area contributed by atoms with Crippen LogP contribution >= 0.6 is 0 Å². The molecule has 2 rings (SSSR count). The fraction of sp³-hybridized carbons (Fsp3) is 0.714. The molecule has 2 saturated carbocycles. The molecule has 2 aliphatic carbocycles. The Morgan fingerprint density at radius 3 is 2.53 bits per heavy atom. The molecule has 1 amide bonds. The maximum atomic E-state index is 11.6. The SMILES string of the molecule is C=C(C)OC(=O)N[C@@H]1CC[C@@](C(=O)O)(C2CCC2)C1. The molecule has 0 aromatic carbocycles. The molecule has 2 fully saturated rings. The normalized spacial score (nSPS) is 30.5. The maximum absolute atomic E-state index is 11.6. The molecule has 0 aliphatic heterocycles. The van der Waals surface area contributed by atoms with Crippen molar-refractivity contribution in [1.82, 2.24) is 5.32 Å². The highest BCUT2D eigenvalue weighted by molar-refractivity contribution is 5.76. The summed E-state index contributed by atoms with van der Waals surface area (Å²) in [4.78, 5) is 23.1. The van der Waals surface area contributed by atoms with Gasteiger partial charge in [-0.2, -0.15) is 0 Å². The molecule has 0 heterocycles. The number of allylic oxidation sites excluding steroid dienone is 1. The van der Waals surface area contributed by atoms with Gasteiger partial charge in [-0.25, -0.2) is 4.79 Å². The molecular weight excluding hydrogens is 246 g/mol. The first-order valence-corrected chi connectivity index (χ1v) is 6.81. The first-order valence-electron chi connectivity index (χ1n) is 6.81. The molecule has 106 valence electrons. The Labute approximate surface area is 113 Å². The van der Waals surface area contributed by atoms with Gasteiger partial charge in [0.15, 0.2) is 0 Å². The van der Waals surface area contributed by atoms with Crippen molar-refractivity contribution in [1.29, 1.82) is 0 Å². The number of alkyl carbamates (subject to hydrolysis) is 1. The number of carbonyl (C=O) groups is 2. The lowest BCUT2D eigenvalue weighted by atomic mass is 9.64. The molecule has 2 aliphatic rings. The van der Waals surface area contributed by atoms with Crippen molar-refractivity contribution in [2.24, 2.45) is 11.3 Å². The second-order valence-electron chi connectivity index (χ2n) is 5.76. The number of rotatable bonds is 4. The fourth-order valence-electron chi connectivity index (χ4n) is 3.25. The summed E-state index contributed by atoms with van der Waals surface area (Å²) in [5.74, 6) is -0.109. The topological polar surface area (TPSA) is 75.6 Å². The van der Waals surface area contributed by atoms with Gasteiger partial charge in [-0.05, 0) is 44.9 Å². The summed E-state index contributed by atoms with van der Waals surface area (Å²) in [6.07, 6.45) is 4.43. The number of carboxylic acids is 1. The molecule has 2 N–H and O–H groups in total.